The van der Waals surface area contributed by atoms with E-state index < -0.39 is 6.10 Å². The largest absolute Gasteiger partial charge is 0.493 e. The van der Waals surface area contributed by atoms with E-state index in [0.29, 0.717) is 13.0 Å². The molecule has 19 heavy (non-hydrogen) atoms. The first-order valence-corrected chi connectivity index (χ1v) is 6.60. The van der Waals surface area contributed by atoms with Crippen molar-refractivity contribution in [3.63, 3.8) is 0 Å². The zero-order valence-corrected chi connectivity index (χ0v) is 11.5. The van der Waals surface area contributed by atoms with Crippen LogP contribution in [0, 0.1) is 13.8 Å². The topological polar surface area (TPSA) is 29.5 Å². The summed E-state index contributed by atoms with van der Waals surface area (Å²) in [5.74, 6) is 0.843. The average Bonchev–Trinajstić information content (AvgIpc) is 2.42. The monoisotopic (exact) mass is 256 g/mol. The van der Waals surface area contributed by atoms with Gasteiger partial charge in [-0.15, -0.1) is 0 Å². The van der Waals surface area contributed by atoms with Gasteiger partial charge in [0.05, 0.1) is 12.7 Å². The van der Waals surface area contributed by atoms with Crippen LogP contribution in [0.1, 0.15) is 29.2 Å². The summed E-state index contributed by atoms with van der Waals surface area (Å²) in [6, 6.07) is 15.8. The fraction of sp³-hybridized carbons (Fsp3) is 0.294. The van der Waals surface area contributed by atoms with Crippen molar-refractivity contribution in [3.05, 3.63) is 65.2 Å². The van der Waals surface area contributed by atoms with Gasteiger partial charge in [0.2, 0.25) is 0 Å². The van der Waals surface area contributed by atoms with Gasteiger partial charge in [0.25, 0.3) is 0 Å². The maximum absolute atomic E-state index is 10.2. The molecular formula is C17H20O2. The van der Waals surface area contributed by atoms with Crippen LogP contribution in [-0.2, 0) is 0 Å². The van der Waals surface area contributed by atoms with Crippen LogP contribution in [0.25, 0.3) is 0 Å². The Morgan fingerprint density at radius 2 is 1.79 bits per heavy atom. The maximum Gasteiger partial charge on any atom is 0.119 e. The number of hydrogen-bond donors (Lipinski definition) is 1. The zero-order chi connectivity index (χ0) is 13.7. The molecule has 0 saturated carbocycles. The zero-order valence-electron chi connectivity index (χ0n) is 11.5. The van der Waals surface area contributed by atoms with Crippen LogP contribution in [0.15, 0.2) is 48.5 Å². The molecule has 0 aliphatic rings. The number of aliphatic hydroxyl groups excluding tert-OH is 1. The predicted molar refractivity (Wildman–Crippen MR) is 77.4 cm³/mol. The highest BCUT2D eigenvalue weighted by Crippen LogP contribution is 2.22. The van der Waals surface area contributed by atoms with Crippen LogP contribution in [0.2, 0.25) is 0 Å². The maximum atomic E-state index is 10.2. The number of para-hydroxylation sites is 1. The first-order valence-electron chi connectivity index (χ1n) is 6.60. The third-order valence-corrected chi connectivity index (χ3v) is 3.20. The second-order valence-corrected chi connectivity index (χ2v) is 4.83. The highest BCUT2D eigenvalue weighted by Gasteiger charge is 2.10. The number of benzene rings is 2. The normalized spacial score (nSPS) is 12.2. The number of aliphatic hydroxyl groups is 1. The molecule has 2 rings (SSSR count). The number of aryl methyl sites for hydroxylation is 2. The van der Waals surface area contributed by atoms with Gasteiger partial charge in [0.15, 0.2) is 0 Å². The summed E-state index contributed by atoms with van der Waals surface area (Å²) in [6.45, 7) is 4.57. The lowest BCUT2D eigenvalue weighted by Gasteiger charge is -2.15. The Balaban J connectivity index is 1.91. The van der Waals surface area contributed by atoms with E-state index in [9.17, 15) is 5.11 Å². The Labute approximate surface area is 114 Å². The molecule has 2 nitrogen and oxygen atoms in total. The first kappa shape index (κ1) is 13.6. The van der Waals surface area contributed by atoms with Crippen LogP contribution < -0.4 is 4.74 Å². The molecular weight excluding hydrogens is 236 g/mol. The molecule has 0 fully saturated rings. The molecule has 0 amide bonds. The smallest absolute Gasteiger partial charge is 0.119 e. The SMILES string of the molecule is Cc1ccc(C)c(C(O)CCOc2ccccc2)c1. The molecule has 2 aromatic rings. The molecule has 1 N–H and O–H groups in total. The van der Waals surface area contributed by atoms with E-state index in [1.165, 1.54) is 5.56 Å². The Bertz CT molecular complexity index is 520. The minimum atomic E-state index is -0.469. The van der Waals surface area contributed by atoms with Crippen LogP contribution in [0.5, 0.6) is 5.75 Å². The van der Waals surface area contributed by atoms with Crippen LogP contribution >= 0.6 is 0 Å². The second-order valence-electron chi connectivity index (χ2n) is 4.83. The Morgan fingerprint density at radius 3 is 2.53 bits per heavy atom. The van der Waals surface area contributed by atoms with Gasteiger partial charge in [0.1, 0.15) is 5.75 Å². The molecule has 0 bridgehead atoms. The van der Waals surface area contributed by atoms with Crippen molar-refractivity contribution in [1.29, 1.82) is 0 Å². The average molecular weight is 256 g/mol. The summed E-state index contributed by atoms with van der Waals surface area (Å²) >= 11 is 0. The Kier molecular flexibility index (Phi) is 4.58. The summed E-state index contributed by atoms with van der Waals surface area (Å²) in [7, 11) is 0. The van der Waals surface area contributed by atoms with Gasteiger partial charge in [-0.25, -0.2) is 0 Å². The molecule has 1 unspecified atom stereocenters. The first-order chi connectivity index (χ1) is 9.16. The minimum absolute atomic E-state index is 0.469. The van der Waals surface area contributed by atoms with Crippen LogP contribution in [0.3, 0.4) is 0 Å². The van der Waals surface area contributed by atoms with Gasteiger partial charge >= 0.3 is 0 Å². The molecule has 2 aromatic carbocycles. The summed E-state index contributed by atoms with van der Waals surface area (Å²) < 4.78 is 5.61. The van der Waals surface area contributed by atoms with Gasteiger partial charge in [-0.05, 0) is 37.1 Å². The third-order valence-electron chi connectivity index (χ3n) is 3.20. The standard InChI is InChI=1S/C17H20O2/c1-13-8-9-14(2)16(12-13)17(18)10-11-19-15-6-4-3-5-7-15/h3-9,12,17-18H,10-11H2,1-2H3. The molecule has 0 aliphatic heterocycles. The van der Waals surface area contributed by atoms with E-state index in [2.05, 4.69) is 6.07 Å². The van der Waals surface area contributed by atoms with Gasteiger partial charge in [-0.3, -0.25) is 0 Å². The lowest BCUT2D eigenvalue weighted by atomic mass is 9.99. The highest BCUT2D eigenvalue weighted by molar-refractivity contribution is 5.32. The predicted octanol–water partition coefficient (Wildman–Crippen LogP) is 3.81. The van der Waals surface area contributed by atoms with Crippen molar-refractivity contribution in [2.75, 3.05) is 6.61 Å². The molecule has 0 heterocycles. The highest BCUT2D eigenvalue weighted by atomic mass is 16.5. The van der Waals surface area contributed by atoms with Crippen LogP contribution in [0.4, 0.5) is 0 Å². The summed E-state index contributed by atoms with van der Waals surface area (Å²) in [6.07, 6.45) is 0.128. The van der Waals surface area contributed by atoms with E-state index >= 15 is 0 Å². The number of ether oxygens (including phenoxy) is 1. The molecule has 0 aliphatic carbocycles. The number of hydrogen-bond acceptors (Lipinski definition) is 2. The van der Waals surface area contributed by atoms with Gasteiger partial charge in [0, 0.05) is 6.42 Å². The van der Waals surface area contributed by atoms with Crippen molar-refractivity contribution in [2.45, 2.75) is 26.4 Å². The van der Waals surface area contributed by atoms with E-state index in [1.54, 1.807) is 0 Å². The molecule has 2 heteroatoms. The molecule has 0 radical (unpaired) electrons. The van der Waals surface area contributed by atoms with Crippen molar-refractivity contribution in [1.82, 2.24) is 0 Å². The van der Waals surface area contributed by atoms with Gasteiger partial charge < -0.3 is 9.84 Å². The lowest BCUT2D eigenvalue weighted by molar-refractivity contribution is 0.140. The van der Waals surface area contributed by atoms with Crippen LogP contribution in [-0.4, -0.2) is 11.7 Å². The molecule has 0 saturated heterocycles. The summed E-state index contributed by atoms with van der Waals surface area (Å²) in [5.41, 5.74) is 3.29. The van der Waals surface area contributed by atoms with Crippen molar-refractivity contribution in [3.8, 4) is 5.75 Å². The lowest BCUT2D eigenvalue weighted by Crippen LogP contribution is -2.07. The third kappa shape index (κ3) is 3.83. The summed E-state index contributed by atoms with van der Waals surface area (Å²) in [5, 5.41) is 10.2. The van der Waals surface area contributed by atoms with E-state index in [4.69, 9.17) is 4.74 Å². The van der Waals surface area contributed by atoms with Crippen molar-refractivity contribution in [2.24, 2.45) is 0 Å². The second kappa shape index (κ2) is 6.39. The molecule has 1 atom stereocenters. The number of rotatable bonds is 5. The summed E-state index contributed by atoms with van der Waals surface area (Å²) in [4.78, 5) is 0. The van der Waals surface area contributed by atoms with Crippen molar-refractivity contribution < 1.29 is 9.84 Å². The quantitative estimate of drug-likeness (QED) is 0.881. The van der Waals surface area contributed by atoms with E-state index in [1.807, 2.05) is 56.3 Å². The fourth-order valence-corrected chi connectivity index (χ4v) is 2.08. The Hall–Kier alpha value is -1.80. The van der Waals surface area contributed by atoms with Gasteiger partial charge in [-0.1, -0.05) is 42.0 Å². The van der Waals surface area contributed by atoms with Crippen molar-refractivity contribution >= 4 is 0 Å². The van der Waals surface area contributed by atoms with E-state index in [-0.39, 0.29) is 0 Å². The molecule has 100 valence electrons. The fourth-order valence-electron chi connectivity index (χ4n) is 2.08. The molecule has 0 aromatic heterocycles. The van der Waals surface area contributed by atoms with Gasteiger partial charge in [-0.2, -0.15) is 0 Å². The Morgan fingerprint density at radius 1 is 1.05 bits per heavy atom. The molecule has 0 spiro atoms. The minimum Gasteiger partial charge on any atom is -0.493 e. The van der Waals surface area contributed by atoms with E-state index in [0.717, 1.165) is 16.9 Å².